The van der Waals surface area contributed by atoms with Crippen LogP contribution in [0.3, 0.4) is 0 Å². The van der Waals surface area contributed by atoms with E-state index in [0.717, 1.165) is 51.1 Å². The number of thiophene rings is 1. The molecule has 2 aliphatic rings. The maximum Gasteiger partial charge on any atom is 0.254 e. The first-order valence-corrected chi connectivity index (χ1v) is 8.89. The Morgan fingerprint density at radius 1 is 1.38 bits per heavy atom. The second kappa shape index (κ2) is 6.09. The summed E-state index contributed by atoms with van der Waals surface area (Å²) in [4.78, 5) is 16.1. The summed E-state index contributed by atoms with van der Waals surface area (Å²) < 4.78 is 5.42. The van der Waals surface area contributed by atoms with E-state index in [1.165, 1.54) is 11.3 Å². The van der Waals surface area contributed by atoms with Crippen LogP contribution >= 0.6 is 11.3 Å². The average Bonchev–Trinajstić information content (AvgIpc) is 2.96. The van der Waals surface area contributed by atoms with E-state index in [2.05, 4.69) is 25.3 Å². The molecule has 2 fully saturated rings. The SMILES string of the molecule is CC1(C)CCCN(C(=O)c2csc(C3CCOCC3)c2)C1. The number of nitrogens with zero attached hydrogens (tertiary/aromatic N) is 1. The predicted octanol–water partition coefficient (Wildman–Crippen LogP) is 3.90. The van der Waals surface area contributed by atoms with Gasteiger partial charge in [0.25, 0.3) is 5.91 Å². The average molecular weight is 307 g/mol. The third kappa shape index (κ3) is 3.49. The van der Waals surface area contributed by atoms with Crippen molar-refractivity contribution in [2.24, 2.45) is 5.41 Å². The molecule has 0 aliphatic carbocycles. The van der Waals surface area contributed by atoms with E-state index in [4.69, 9.17) is 4.74 Å². The Morgan fingerprint density at radius 3 is 2.86 bits per heavy atom. The molecule has 2 aliphatic heterocycles. The molecule has 0 spiro atoms. The molecular formula is C17H25NO2S. The standard InChI is InChI=1S/C17H25NO2S/c1-17(2)6-3-7-18(12-17)16(19)14-10-15(21-11-14)13-4-8-20-9-5-13/h10-11,13H,3-9,12H2,1-2H3. The Hall–Kier alpha value is -0.870. The molecule has 0 aromatic carbocycles. The van der Waals surface area contributed by atoms with Crippen LogP contribution in [-0.2, 0) is 4.74 Å². The van der Waals surface area contributed by atoms with E-state index in [1.807, 2.05) is 4.90 Å². The van der Waals surface area contributed by atoms with Crippen molar-refractivity contribution < 1.29 is 9.53 Å². The first-order valence-electron chi connectivity index (χ1n) is 8.01. The number of hydrogen-bond acceptors (Lipinski definition) is 3. The molecule has 0 bridgehead atoms. The van der Waals surface area contributed by atoms with E-state index in [1.54, 1.807) is 11.3 Å². The van der Waals surface area contributed by atoms with Gasteiger partial charge in [-0.05, 0) is 43.1 Å². The van der Waals surface area contributed by atoms with Crippen LogP contribution in [0.1, 0.15) is 60.7 Å². The van der Waals surface area contributed by atoms with E-state index in [0.29, 0.717) is 5.92 Å². The van der Waals surface area contributed by atoms with Gasteiger partial charge in [0.15, 0.2) is 0 Å². The van der Waals surface area contributed by atoms with Gasteiger partial charge in [-0.25, -0.2) is 0 Å². The summed E-state index contributed by atoms with van der Waals surface area (Å²) >= 11 is 1.75. The molecule has 4 heteroatoms. The third-order valence-corrected chi connectivity index (χ3v) is 5.77. The second-order valence-corrected chi connectivity index (χ2v) is 8.06. The smallest absolute Gasteiger partial charge is 0.254 e. The lowest BCUT2D eigenvalue weighted by Gasteiger charge is -2.38. The zero-order valence-corrected chi connectivity index (χ0v) is 13.9. The fraction of sp³-hybridized carbons (Fsp3) is 0.706. The number of ether oxygens (including phenoxy) is 1. The van der Waals surface area contributed by atoms with Crippen LogP contribution in [0.5, 0.6) is 0 Å². The van der Waals surface area contributed by atoms with Crippen LogP contribution in [-0.4, -0.2) is 37.1 Å². The lowest BCUT2D eigenvalue weighted by Crippen LogP contribution is -2.43. The zero-order valence-electron chi connectivity index (χ0n) is 13.1. The van der Waals surface area contributed by atoms with Gasteiger partial charge in [-0.1, -0.05) is 13.8 Å². The monoisotopic (exact) mass is 307 g/mol. The number of carbonyl (C=O) groups is 1. The molecular weight excluding hydrogens is 282 g/mol. The molecule has 1 amide bonds. The number of carbonyl (C=O) groups excluding carboxylic acids is 1. The maximum absolute atomic E-state index is 12.7. The molecule has 0 atom stereocenters. The van der Waals surface area contributed by atoms with Crippen molar-refractivity contribution in [1.82, 2.24) is 4.90 Å². The van der Waals surface area contributed by atoms with Gasteiger partial charge >= 0.3 is 0 Å². The van der Waals surface area contributed by atoms with E-state index in [-0.39, 0.29) is 11.3 Å². The lowest BCUT2D eigenvalue weighted by molar-refractivity contribution is 0.0584. The first-order chi connectivity index (χ1) is 10.1. The van der Waals surface area contributed by atoms with Crippen molar-refractivity contribution in [2.75, 3.05) is 26.3 Å². The van der Waals surface area contributed by atoms with Crippen LogP contribution < -0.4 is 0 Å². The summed E-state index contributed by atoms with van der Waals surface area (Å²) in [6.07, 6.45) is 4.51. The summed E-state index contributed by atoms with van der Waals surface area (Å²) in [7, 11) is 0. The minimum atomic E-state index is 0.220. The Bertz CT molecular complexity index is 503. The van der Waals surface area contributed by atoms with Crippen molar-refractivity contribution in [3.05, 3.63) is 21.9 Å². The highest BCUT2D eigenvalue weighted by molar-refractivity contribution is 7.10. The highest BCUT2D eigenvalue weighted by atomic mass is 32.1. The number of amides is 1. The highest BCUT2D eigenvalue weighted by Gasteiger charge is 2.30. The van der Waals surface area contributed by atoms with Crippen molar-refractivity contribution in [2.45, 2.75) is 45.4 Å². The largest absolute Gasteiger partial charge is 0.381 e. The molecule has 3 heterocycles. The van der Waals surface area contributed by atoms with Crippen LogP contribution in [0.25, 0.3) is 0 Å². The number of likely N-dealkylation sites (tertiary alicyclic amines) is 1. The van der Waals surface area contributed by atoms with Crippen molar-refractivity contribution in [1.29, 1.82) is 0 Å². The van der Waals surface area contributed by atoms with Gasteiger partial charge in [0, 0.05) is 36.6 Å². The van der Waals surface area contributed by atoms with E-state index >= 15 is 0 Å². The van der Waals surface area contributed by atoms with Gasteiger partial charge in [-0.15, -0.1) is 11.3 Å². The molecule has 1 aromatic heterocycles. The lowest BCUT2D eigenvalue weighted by atomic mass is 9.84. The van der Waals surface area contributed by atoms with Crippen LogP contribution in [0.4, 0.5) is 0 Å². The van der Waals surface area contributed by atoms with E-state index < -0.39 is 0 Å². The summed E-state index contributed by atoms with van der Waals surface area (Å²) in [6.45, 7) is 8.01. The number of hydrogen-bond donors (Lipinski definition) is 0. The second-order valence-electron chi connectivity index (χ2n) is 7.12. The number of piperidine rings is 1. The molecule has 3 rings (SSSR count). The van der Waals surface area contributed by atoms with Gasteiger partial charge in [0.1, 0.15) is 0 Å². The molecule has 0 N–H and O–H groups in total. The minimum absolute atomic E-state index is 0.220. The third-order valence-electron chi connectivity index (χ3n) is 4.68. The molecule has 21 heavy (non-hydrogen) atoms. The Kier molecular flexibility index (Phi) is 4.36. The maximum atomic E-state index is 12.7. The van der Waals surface area contributed by atoms with E-state index in [9.17, 15) is 4.79 Å². The summed E-state index contributed by atoms with van der Waals surface area (Å²) in [6, 6.07) is 2.13. The molecule has 0 radical (unpaired) electrons. The Labute approximate surface area is 131 Å². The summed E-state index contributed by atoms with van der Waals surface area (Å²) in [5.41, 5.74) is 1.15. The highest BCUT2D eigenvalue weighted by Crippen LogP contribution is 2.33. The first kappa shape index (κ1) is 15.0. The number of rotatable bonds is 2. The van der Waals surface area contributed by atoms with Gasteiger partial charge in [0.2, 0.25) is 0 Å². The summed E-state index contributed by atoms with van der Waals surface area (Å²) in [5, 5.41) is 2.05. The minimum Gasteiger partial charge on any atom is -0.381 e. The van der Waals surface area contributed by atoms with Crippen molar-refractivity contribution in [3.8, 4) is 0 Å². The topological polar surface area (TPSA) is 29.5 Å². The van der Waals surface area contributed by atoms with Crippen molar-refractivity contribution in [3.63, 3.8) is 0 Å². The zero-order chi connectivity index (χ0) is 14.9. The fourth-order valence-corrected chi connectivity index (χ4v) is 4.50. The molecule has 116 valence electrons. The molecule has 3 nitrogen and oxygen atoms in total. The Morgan fingerprint density at radius 2 is 2.14 bits per heavy atom. The predicted molar refractivity (Wildman–Crippen MR) is 86.0 cm³/mol. The summed E-state index contributed by atoms with van der Waals surface area (Å²) in [5.74, 6) is 0.806. The van der Waals surface area contributed by atoms with Crippen LogP contribution in [0, 0.1) is 5.41 Å². The normalized spacial score (nSPS) is 23.2. The van der Waals surface area contributed by atoms with Gasteiger partial charge in [-0.2, -0.15) is 0 Å². The van der Waals surface area contributed by atoms with Crippen molar-refractivity contribution >= 4 is 17.2 Å². The molecule has 0 unspecified atom stereocenters. The molecule has 1 aromatic rings. The van der Waals surface area contributed by atoms with Gasteiger partial charge < -0.3 is 9.64 Å². The van der Waals surface area contributed by atoms with Gasteiger partial charge in [-0.3, -0.25) is 4.79 Å². The van der Waals surface area contributed by atoms with Crippen LogP contribution in [0.2, 0.25) is 0 Å². The van der Waals surface area contributed by atoms with Crippen LogP contribution in [0.15, 0.2) is 11.4 Å². The molecule has 2 saturated heterocycles. The molecule has 0 saturated carbocycles. The fourth-order valence-electron chi connectivity index (χ4n) is 3.44. The Balaban J connectivity index is 1.69. The van der Waals surface area contributed by atoms with Gasteiger partial charge in [0.05, 0.1) is 5.56 Å². The quantitative estimate of drug-likeness (QED) is 0.829.